The van der Waals surface area contributed by atoms with Crippen LogP contribution in [0.25, 0.3) is 0 Å². The number of rotatable bonds is 7. The van der Waals surface area contributed by atoms with Gasteiger partial charge in [-0.05, 0) is 61.8 Å². The van der Waals surface area contributed by atoms with Crippen LogP contribution in [0.1, 0.15) is 53.6 Å². The summed E-state index contributed by atoms with van der Waals surface area (Å²) in [6.45, 7) is 6.59. The van der Waals surface area contributed by atoms with Crippen molar-refractivity contribution in [1.82, 2.24) is 0 Å². The summed E-state index contributed by atoms with van der Waals surface area (Å²) in [7, 11) is 0. The third-order valence-corrected chi connectivity index (χ3v) is 6.23. The summed E-state index contributed by atoms with van der Waals surface area (Å²) in [5, 5.41) is 6.68. The van der Waals surface area contributed by atoms with Crippen LogP contribution < -0.4 is 10.6 Å². The summed E-state index contributed by atoms with van der Waals surface area (Å²) in [6, 6.07) is 8.05. The molecule has 1 heterocycles. The number of ether oxygens (including phenoxy) is 1. The SMILES string of the molecule is CCOC(=O)c1c(NC(=O)CNc2ccc(CC)cc2)sc2c1CC[C@H](C)C2. The molecule has 0 fully saturated rings. The summed E-state index contributed by atoms with van der Waals surface area (Å²) in [5.74, 6) is 0.0854. The lowest BCUT2D eigenvalue weighted by Gasteiger charge is -2.18. The zero-order chi connectivity index (χ0) is 20.1. The van der Waals surface area contributed by atoms with Crippen LogP contribution in [0.3, 0.4) is 0 Å². The zero-order valence-corrected chi connectivity index (χ0v) is 17.6. The molecule has 6 heteroatoms. The van der Waals surface area contributed by atoms with Gasteiger partial charge >= 0.3 is 5.97 Å². The topological polar surface area (TPSA) is 67.4 Å². The van der Waals surface area contributed by atoms with Crippen LogP contribution in [0.15, 0.2) is 24.3 Å². The maximum atomic E-state index is 12.5. The molecule has 1 aromatic heterocycles. The molecule has 1 atom stereocenters. The average Bonchev–Trinajstić information content (AvgIpc) is 3.03. The van der Waals surface area contributed by atoms with Crippen LogP contribution in [0.4, 0.5) is 10.7 Å². The highest BCUT2D eigenvalue weighted by molar-refractivity contribution is 7.17. The monoisotopic (exact) mass is 400 g/mol. The number of anilines is 2. The lowest BCUT2D eigenvalue weighted by atomic mass is 9.88. The maximum Gasteiger partial charge on any atom is 0.341 e. The molecule has 5 nitrogen and oxygen atoms in total. The van der Waals surface area contributed by atoms with Crippen LogP contribution in [-0.4, -0.2) is 25.0 Å². The summed E-state index contributed by atoms with van der Waals surface area (Å²) in [5.41, 5.74) is 3.76. The van der Waals surface area contributed by atoms with E-state index in [0.717, 1.165) is 36.9 Å². The fraction of sp³-hybridized carbons (Fsp3) is 0.455. The molecule has 3 rings (SSSR count). The molecule has 1 aliphatic rings. The van der Waals surface area contributed by atoms with Crippen LogP contribution >= 0.6 is 11.3 Å². The Morgan fingerprint density at radius 3 is 2.64 bits per heavy atom. The third kappa shape index (κ3) is 4.73. The fourth-order valence-electron chi connectivity index (χ4n) is 3.47. The molecule has 0 saturated carbocycles. The standard InChI is InChI=1S/C22H28N2O3S/c1-4-15-7-9-16(10-8-15)23-13-19(25)24-21-20(22(26)27-5-2)17-11-6-14(3)12-18(17)28-21/h7-10,14,23H,4-6,11-13H2,1-3H3,(H,24,25)/t14-/m0/s1. The number of esters is 1. The van der Waals surface area contributed by atoms with Crippen molar-refractivity contribution in [2.75, 3.05) is 23.8 Å². The first-order valence-corrected chi connectivity index (χ1v) is 10.8. The van der Waals surface area contributed by atoms with Crippen molar-refractivity contribution in [2.24, 2.45) is 5.92 Å². The highest BCUT2D eigenvalue weighted by Crippen LogP contribution is 2.40. The van der Waals surface area contributed by atoms with Gasteiger partial charge in [-0.2, -0.15) is 0 Å². The first-order chi connectivity index (χ1) is 13.5. The third-order valence-electron chi connectivity index (χ3n) is 5.06. The van der Waals surface area contributed by atoms with Crippen molar-refractivity contribution in [2.45, 2.75) is 46.5 Å². The highest BCUT2D eigenvalue weighted by Gasteiger charge is 2.29. The van der Waals surface area contributed by atoms with Gasteiger partial charge in [0.25, 0.3) is 0 Å². The Morgan fingerprint density at radius 1 is 1.21 bits per heavy atom. The van der Waals surface area contributed by atoms with Crippen molar-refractivity contribution in [1.29, 1.82) is 0 Å². The maximum absolute atomic E-state index is 12.5. The van der Waals surface area contributed by atoms with E-state index in [-0.39, 0.29) is 18.4 Å². The number of hydrogen-bond donors (Lipinski definition) is 2. The minimum Gasteiger partial charge on any atom is -0.462 e. The second-order valence-corrected chi connectivity index (χ2v) is 8.33. The zero-order valence-electron chi connectivity index (χ0n) is 16.8. The molecule has 0 saturated heterocycles. The van der Waals surface area contributed by atoms with Crippen molar-refractivity contribution >= 4 is 33.9 Å². The van der Waals surface area contributed by atoms with E-state index in [4.69, 9.17) is 4.74 Å². The Bertz CT molecular complexity index is 842. The molecule has 1 aromatic carbocycles. The van der Waals surface area contributed by atoms with Gasteiger partial charge in [0.15, 0.2) is 0 Å². The van der Waals surface area contributed by atoms with Gasteiger partial charge in [-0.1, -0.05) is 26.0 Å². The average molecular weight is 401 g/mol. The lowest BCUT2D eigenvalue weighted by Crippen LogP contribution is -2.22. The van der Waals surface area contributed by atoms with Gasteiger partial charge < -0.3 is 15.4 Å². The molecule has 0 radical (unpaired) electrons. The van der Waals surface area contributed by atoms with Gasteiger partial charge in [-0.15, -0.1) is 11.3 Å². The second-order valence-electron chi connectivity index (χ2n) is 7.23. The van der Waals surface area contributed by atoms with Crippen LogP contribution in [0.2, 0.25) is 0 Å². The summed E-state index contributed by atoms with van der Waals surface area (Å²) >= 11 is 1.51. The van der Waals surface area contributed by atoms with Gasteiger partial charge in [0.2, 0.25) is 5.91 Å². The number of thiophene rings is 1. The normalized spacial score (nSPS) is 15.6. The molecule has 0 unspecified atom stereocenters. The van der Waals surface area contributed by atoms with E-state index in [1.165, 1.54) is 21.8 Å². The number of fused-ring (bicyclic) bond motifs is 1. The predicted molar refractivity (Wildman–Crippen MR) is 114 cm³/mol. The minimum absolute atomic E-state index is 0.146. The summed E-state index contributed by atoms with van der Waals surface area (Å²) in [6.07, 6.45) is 3.85. The Hall–Kier alpha value is -2.34. The van der Waals surface area contributed by atoms with Gasteiger partial charge in [0.1, 0.15) is 5.00 Å². The van der Waals surface area contributed by atoms with Crippen molar-refractivity contribution in [3.63, 3.8) is 0 Å². The van der Waals surface area contributed by atoms with Crippen LogP contribution in [0.5, 0.6) is 0 Å². The Morgan fingerprint density at radius 2 is 1.96 bits per heavy atom. The molecule has 2 aromatic rings. The smallest absolute Gasteiger partial charge is 0.341 e. The molecular formula is C22H28N2O3S. The van der Waals surface area contributed by atoms with Crippen molar-refractivity contribution in [3.05, 3.63) is 45.8 Å². The van der Waals surface area contributed by atoms with Crippen LogP contribution in [0, 0.1) is 5.92 Å². The molecule has 0 spiro atoms. The Kier molecular flexibility index (Phi) is 6.73. The molecule has 0 bridgehead atoms. The van der Waals surface area contributed by atoms with Gasteiger partial charge in [-0.3, -0.25) is 4.79 Å². The number of nitrogens with one attached hydrogen (secondary N) is 2. The van der Waals surface area contributed by atoms with E-state index < -0.39 is 0 Å². The van der Waals surface area contributed by atoms with E-state index in [0.29, 0.717) is 23.1 Å². The second kappa shape index (κ2) is 9.24. The van der Waals surface area contributed by atoms with Gasteiger partial charge in [0, 0.05) is 10.6 Å². The molecule has 0 aliphatic heterocycles. The number of benzene rings is 1. The Labute approximate surface area is 170 Å². The quantitative estimate of drug-likeness (QED) is 0.663. The number of amides is 1. The number of hydrogen-bond acceptors (Lipinski definition) is 5. The predicted octanol–water partition coefficient (Wildman–Crippen LogP) is 4.66. The van der Waals surface area contributed by atoms with Gasteiger partial charge in [-0.25, -0.2) is 4.79 Å². The van der Waals surface area contributed by atoms with E-state index in [1.54, 1.807) is 6.92 Å². The molecular weight excluding hydrogens is 372 g/mol. The minimum atomic E-state index is -0.340. The Balaban J connectivity index is 1.71. The number of carbonyl (C=O) groups excluding carboxylic acids is 2. The van der Waals surface area contributed by atoms with E-state index in [1.807, 2.05) is 24.3 Å². The van der Waals surface area contributed by atoms with Crippen molar-refractivity contribution < 1.29 is 14.3 Å². The molecule has 150 valence electrons. The largest absolute Gasteiger partial charge is 0.462 e. The lowest BCUT2D eigenvalue weighted by molar-refractivity contribution is -0.114. The molecule has 1 amide bonds. The van der Waals surface area contributed by atoms with E-state index in [2.05, 4.69) is 24.5 Å². The molecule has 28 heavy (non-hydrogen) atoms. The van der Waals surface area contributed by atoms with Crippen molar-refractivity contribution in [3.8, 4) is 0 Å². The highest BCUT2D eigenvalue weighted by atomic mass is 32.1. The van der Waals surface area contributed by atoms with E-state index >= 15 is 0 Å². The fourth-order valence-corrected chi connectivity index (χ4v) is 4.88. The summed E-state index contributed by atoms with van der Waals surface area (Å²) in [4.78, 5) is 26.2. The number of carbonyl (C=O) groups is 2. The van der Waals surface area contributed by atoms with Crippen LogP contribution in [-0.2, 0) is 28.8 Å². The first kappa shape index (κ1) is 20.4. The summed E-state index contributed by atoms with van der Waals surface area (Å²) < 4.78 is 5.25. The number of aryl methyl sites for hydroxylation is 1. The first-order valence-electron chi connectivity index (χ1n) is 9.96. The molecule has 2 N–H and O–H groups in total. The van der Waals surface area contributed by atoms with E-state index in [9.17, 15) is 9.59 Å². The van der Waals surface area contributed by atoms with Gasteiger partial charge in [0.05, 0.1) is 18.7 Å². The molecule has 1 aliphatic carbocycles.